The van der Waals surface area contributed by atoms with E-state index in [0.29, 0.717) is 0 Å². The number of hydrogen-bond donors (Lipinski definition) is 2. The zero-order chi connectivity index (χ0) is 12.3. The maximum Gasteiger partial charge on any atom is 0.0485 e. The quantitative estimate of drug-likeness (QED) is 0.782. The molecule has 0 fully saturated rings. The van der Waals surface area contributed by atoms with Crippen LogP contribution in [0.5, 0.6) is 0 Å². The van der Waals surface area contributed by atoms with Crippen molar-refractivity contribution in [3.8, 4) is 0 Å². The minimum absolute atomic E-state index is 0.275. The Labute approximate surface area is 102 Å². The first-order valence-electron chi connectivity index (χ1n) is 5.84. The summed E-state index contributed by atoms with van der Waals surface area (Å²) < 4.78 is 0. The monoisotopic (exact) mass is 226 g/mol. The highest BCUT2D eigenvalue weighted by atomic mass is 14.9. The van der Waals surface area contributed by atoms with Crippen LogP contribution in [-0.2, 0) is 0 Å². The average molecular weight is 226 g/mol. The Balaban J connectivity index is 2.18. The van der Waals surface area contributed by atoms with Crippen molar-refractivity contribution in [2.45, 2.75) is 19.9 Å². The molecule has 0 radical (unpaired) electrons. The molecule has 0 saturated carbocycles. The second-order valence-electron chi connectivity index (χ2n) is 4.35. The summed E-state index contributed by atoms with van der Waals surface area (Å²) in [6, 6.07) is 16.6. The fraction of sp³-hybridized carbons (Fsp3) is 0.200. The van der Waals surface area contributed by atoms with Gasteiger partial charge in [-0.3, -0.25) is 0 Å². The highest BCUT2D eigenvalue weighted by molar-refractivity contribution is 5.60. The van der Waals surface area contributed by atoms with Crippen LogP contribution in [0.3, 0.4) is 0 Å². The largest absolute Gasteiger partial charge is 0.399 e. The Bertz CT molecular complexity index is 492. The van der Waals surface area contributed by atoms with Crippen molar-refractivity contribution in [1.29, 1.82) is 0 Å². The molecule has 2 heteroatoms. The first kappa shape index (κ1) is 11.5. The van der Waals surface area contributed by atoms with Crippen molar-refractivity contribution in [3.63, 3.8) is 0 Å². The summed E-state index contributed by atoms with van der Waals surface area (Å²) in [4.78, 5) is 0. The van der Waals surface area contributed by atoms with E-state index in [1.54, 1.807) is 0 Å². The van der Waals surface area contributed by atoms with Crippen LogP contribution in [0.4, 0.5) is 11.4 Å². The molecule has 0 saturated heterocycles. The Morgan fingerprint density at radius 3 is 2.47 bits per heavy atom. The molecule has 0 aliphatic rings. The molecule has 0 aromatic heterocycles. The van der Waals surface area contributed by atoms with Gasteiger partial charge in [-0.2, -0.15) is 0 Å². The van der Waals surface area contributed by atoms with Gasteiger partial charge in [0.1, 0.15) is 0 Å². The van der Waals surface area contributed by atoms with Gasteiger partial charge in [0.25, 0.3) is 0 Å². The summed E-state index contributed by atoms with van der Waals surface area (Å²) in [7, 11) is 0. The van der Waals surface area contributed by atoms with Crippen molar-refractivity contribution in [3.05, 3.63) is 59.7 Å². The van der Waals surface area contributed by atoms with E-state index >= 15 is 0 Å². The lowest BCUT2D eigenvalue weighted by Crippen LogP contribution is -2.07. The Kier molecular flexibility index (Phi) is 3.33. The molecule has 0 heterocycles. The smallest absolute Gasteiger partial charge is 0.0485 e. The van der Waals surface area contributed by atoms with Gasteiger partial charge in [-0.1, -0.05) is 36.4 Å². The third-order valence-electron chi connectivity index (χ3n) is 2.93. The van der Waals surface area contributed by atoms with Gasteiger partial charge in [-0.25, -0.2) is 0 Å². The van der Waals surface area contributed by atoms with Gasteiger partial charge in [0.2, 0.25) is 0 Å². The van der Waals surface area contributed by atoms with Crippen molar-refractivity contribution < 1.29 is 0 Å². The van der Waals surface area contributed by atoms with Crippen LogP contribution in [-0.4, -0.2) is 0 Å². The van der Waals surface area contributed by atoms with Crippen LogP contribution in [0.2, 0.25) is 0 Å². The molecule has 3 N–H and O–H groups in total. The standard InChI is InChI=1S/C15H18N2/c1-11-8-9-14(16)10-15(11)17-12(2)13-6-4-3-5-7-13/h3-10,12,17H,16H2,1-2H3. The molecule has 2 aromatic carbocycles. The summed E-state index contributed by atoms with van der Waals surface area (Å²) in [6.07, 6.45) is 0. The summed E-state index contributed by atoms with van der Waals surface area (Å²) in [5.41, 5.74) is 10.2. The van der Waals surface area contributed by atoms with Gasteiger partial charge < -0.3 is 11.1 Å². The molecule has 0 amide bonds. The van der Waals surface area contributed by atoms with Crippen LogP contribution in [0.25, 0.3) is 0 Å². The van der Waals surface area contributed by atoms with Crippen LogP contribution < -0.4 is 11.1 Å². The third-order valence-corrected chi connectivity index (χ3v) is 2.93. The Hall–Kier alpha value is -1.96. The van der Waals surface area contributed by atoms with E-state index in [-0.39, 0.29) is 6.04 Å². The lowest BCUT2D eigenvalue weighted by molar-refractivity contribution is 0.883. The van der Waals surface area contributed by atoms with Crippen molar-refractivity contribution in [2.75, 3.05) is 11.1 Å². The molecule has 88 valence electrons. The average Bonchev–Trinajstić information content (AvgIpc) is 2.35. The zero-order valence-corrected chi connectivity index (χ0v) is 10.3. The lowest BCUT2D eigenvalue weighted by Gasteiger charge is -2.17. The molecule has 2 nitrogen and oxygen atoms in total. The van der Waals surface area contributed by atoms with E-state index in [1.165, 1.54) is 11.1 Å². The number of rotatable bonds is 3. The minimum atomic E-state index is 0.275. The Morgan fingerprint density at radius 2 is 1.76 bits per heavy atom. The molecule has 17 heavy (non-hydrogen) atoms. The van der Waals surface area contributed by atoms with Crippen molar-refractivity contribution in [1.82, 2.24) is 0 Å². The molecule has 2 aromatic rings. The number of hydrogen-bond acceptors (Lipinski definition) is 2. The highest BCUT2D eigenvalue weighted by Gasteiger charge is 2.06. The molecule has 1 atom stereocenters. The van der Waals surface area contributed by atoms with Crippen LogP contribution in [0.15, 0.2) is 48.5 Å². The van der Waals surface area contributed by atoms with E-state index in [1.807, 2.05) is 24.3 Å². The number of anilines is 2. The van der Waals surface area contributed by atoms with Crippen LogP contribution >= 0.6 is 0 Å². The third kappa shape index (κ3) is 2.78. The lowest BCUT2D eigenvalue weighted by atomic mass is 10.1. The SMILES string of the molecule is Cc1ccc(N)cc1NC(C)c1ccccc1. The number of nitrogens with two attached hydrogens (primary N) is 1. The van der Waals surface area contributed by atoms with E-state index in [9.17, 15) is 0 Å². The number of aryl methyl sites for hydroxylation is 1. The molecular weight excluding hydrogens is 208 g/mol. The van der Waals surface area contributed by atoms with Crippen LogP contribution in [0.1, 0.15) is 24.1 Å². The summed E-state index contributed by atoms with van der Waals surface area (Å²) in [5.74, 6) is 0. The van der Waals surface area contributed by atoms with Gasteiger partial charge in [0.05, 0.1) is 0 Å². The summed E-state index contributed by atoms with van der Waals surface area (Å²) >= 11 is 0. The second-order valence-corrected chi connectivity index (χ2v) is 4.35. The van der Waals surface area contributed by atoms with Gasteiger partial charge in [0, 0.05) is 17.4 Å². The molecule has 0 spiro atoms. The molecule has 2 rings (SSSR count). The highest BCUT2D eigenvalue weighted by Crippen LogP contribution is 2.23. The number of nitrogens with one attached hydrogen (secondary N) is 1. The van der Waals surface area contributed by atoms with E-state index in [2.05, 4.69) is 43.4 Å². The van der Waals surface area contributed by atoms with E-state index in [0.717, 1.165) is 11.4 Å². The summed E-state index contributed by atoms with van der Waals surface area (Å²) in [5, 5.41) is 3.49. The van der Waals surface area contributed by atoms with Gasteiger partial charge >= 0.3 is 0 Å². The normalized spacial score (nSPS) is 12.1. The second kappa shape index (κ2) is 4.91. The Morgan fingerprint density at radius 1 is 1.06 bits per heavy atom. The van der Waals surface area contributed by atoms with Gasteiger partial charge in [-0.15, -0.1) is 0 Å². The topological polar surface area (TPSA) is 38.0 Å². The maximum absolute atomic E-state index is 5.80. The predicted octanol–water partition coefficient (Wildman–Crippen LogP) is 3.75. The molecular formula is C15H18N2. The van der Waals surface area contributed by atoms with Crippen LogP contribution in [0, 0.1) is 6.92 Å². The fourth-order valence-corrected chi connectivity index (χ4v) is 1.85. The zero-order valence-electron chi connectivity index (χ0n) is 10.3. The fourth-order valence-electron chi connectivity index (χ4n) is 1.85. The maximum atomic E-state index is 5.80. The van der Waals surface area contributed by atoms with Crippen molar-refractivity contribution in [2.24, 2.45) is 0 Å². The molecule has 0 bridgehead atoms. The summed E-state index contributed by atoms with van der Waals surface area (Å²) in [6.45, 7) is 4.23. The first-order chi connectivity index (χ1) is 8.16. The number of nitrogen functional groups attached to an aromatic ring is 1. The van der Waals surface area contributed by atoms with Gasteiger partial charge in [-0.05, 0) is 37.1 Å². The van der Waals surface area contributed by atoms with E-state index < -0.39 is 0 Å². The number of benzene rings is 2. The molecule has 0 aliphatic carbocycles. The predicted molar refractivity (Wildman–Crippen MR) is 74.1 cm³/mol. The first-order valence-corrected chi connectivity index (χ1v) is 5.84. The molecule has 0 aliphatic heterocycles. The minimum Gasteiger partial charge on any atom is -0.399 e. The van der Waals surface area contributed by atoms with Gasteiger partial charge in [0.15, 0.2) is 0 Å². The molecule has 1 unspecified atom stereocenters. The van der Waals surface area contributed by atoms with Crippen molar-refractivity contribution >= 4 is 11.4 Å². The van der Waals surface area contributed by atoms with E-state index in [4.69, 9.17) is 5.73 Å².